The van der Waals surface area contributed by atoms with Gasteiger partial charge in [-0.15, -0.1) is 0 Å². The first-order valence-corrected chi connectivity index (χ1v) is 12.5. The molecule has 0 saturated carbocycles. The maximum Gasteiger partial charge on any atom is 0.294 e. The van der Waals surface area contributed by atoms with Crippen LogP contribution in [-0.4, -0.2) is 23.4 Å². The number of hydrogen-bond donors (Lipinski definition) is 1. The Hall–Kier alpha value is -2.15. The average molecular weight is 462 g/mol. The maximum absolute atomic E-state index is 13.3. The van der Waals surface area contributed by atoms with Crippen molar-refractivity contribution in [1.82, 2.24) is 4.57 Å². The second kappa shape index (κ2) is 9.98. The van der Waals surface area contributed by atoms with Crippen LogP contribution in [0.1, 0.15) is 67.1 Å². The van der Waals surface area contributed by atoms with Gasteiger partial charge in [0, 0.05) is 21.7 Å². The molecular formula is C24H28ClNO4S. The van der Waals surface area contributed by atoms with Crippen molar-refractivity contribution in [3.63, 3.8) is 0 Å². The molecule has 5 nitrogen and oxygen atoms in total. The van der Waals surface area contributed by atoms with Crippen LogP contribution in [0.2, 0.25) is 5.02 Å². The Balaban J connectivity index is 2.02. The highest BCUT2D eigenvalue weighted by molar-refractivity contribution is 7.85. The predicted octanol–water partition coefficient (Wildman–Crippen LogP) is 6.44. The number of carbonyl (C=O) groups excluding carboxylic acids is 1. The molecule has 0 radical (unpaired) electrons. The Morgan fingerprint density at radius 1 is 1.00 bits per heavy atom. The van der Waals surface area contributed by atoms with Crippen LogP contribution >= 0.6 is 11.6 Å². The summed E-state index contributed by atoms with van der Waals surface area (Å²) in [6.07, 6.45) is 7.56. The highest BCUT2D eigenvalue weighted by atomic mass is 35.5. The quantitative estimate of drug-likeness (QED) is 0.293. The second-order valence-electron chi connectivity index (χ2n) is 7.88. The Morgan fingerprint density at radius 2 is 1.65 bits per heavy atom. The van der Waals surface area contributed by atoms with Crippen LogP contribution in [0.25, 0.3) is 10.9 Å². The molecule has 3 rings (SSSR count). The lowest BCUT2D eigenvalue weighted by atomic mass is 10.0. The van der Waals surface area contributed by atoms with E-state index in [2.05, 4.69) is 6.92 Å². The van der Waals surface area contributed by atoms with Crippen LogP contribution in [0.5, 0.6) is 0 Å². The number of carbonyl (C=O) groups is 1. The van der Waals surface area contributed by atoms with Crippen molar-refractivity contribution < 1.29 is 17.8 Å². The number of hydrogen-bond acceptors (Lipinski definition) is 3. The summed E-state index contributed by atoms with van der Waals surface area (Å²) in [7, 11) is -4.34. The SMILES string of the molecule is CCCCCCCCc1c(C)n(C(=O)c2ccc(Cl)cc2)c2ccc(S(=O)(=O)O)cc12. The highest BCUT2D eigenvalue weighted by Gasteiger charge is 2.22. The molecule has 3 aromatic rings. The standard InChI is InChI=1S/C24H28ClNO4S/c1-3-4-5-6-7-8-9-21-17(2)26(24(27)18-10-12-19(25)13-11-18)23-15-14-20(16-22(21)23)31(28,29)30/h10-16H,3-9H2,1-2H3,(H,28,29,30). The first-order chi connectivity index (χ1) is 14.7. The zero-order valence-electron chi connectivity index (χ0n) is 17.9. The van der Waals surface area contributed by atoms with Crippen LogP contribution in [0.4, 0.5) is 0 Å². The smallest absolute Gasteiger partial charge is 0.282 e. The molecule has 0 atom stereocenters. The monoisotopic (exact) mass is 461 g/mol. The van der Waals surface area contributed by atoms with Crippen LogP contribution in [0.15, 0.2) is 47.4 Å². The molecule has 166 valence electrons. The van der Waals surface area contributed by atoms with E-state index in [0.717, 1.165) is 36.9 Å². The van der Waals surface area contributed by atoms with E-state index < -0.39 is 10.1 Å². The average Bonchev–Trinajstić information content (AvgIpc) is 3.00. The summed E-state index contributed by atoms with van der Waals surface area (Å²) in [5.74, 6) is -0.201. The Labute approximate surface area is 188 Å². The molecule has 0 aliphatic carbocycles. The molecule has 7 heteroatoms. The van der Waals surface area contributed by atoms with E-state index >= 15 is 0 Å². The van der Waals surface area contributed by atoms with E-state index in [9.17, 15) is 17.8 Å². The summed E-state index contributed by atoms with van der Waals surface area (Å²) in [6, 6.07) is 11.1. The van der Waals surface area contributed by atoms with E-state index in [-0.39, 0.29) is 10.8 Å². The van der Waals surface area contributed by atoms with Gasteiger partial charge in [0.25, 0.3) is 16.0 Å². The van der Waals surface area contributed by atoms with Gasteiger partial charge in [-0.25, -0.2) is 0 Å². The van der Waals surface area contributed by atoms with Crippen molar-refractivity contribution in [2.24, 2.45) is 0 Å². The fourth-order valence-corrected chi connectivity index (χ4v) is 4.64. The van der Waals surface area contributed by atoms with Crippen LogP contribution < -0.4 is 0 Å². The third kappa shape index (κ3) is 5.37. The van der Waals surface area contributed by atoms with Gasteiger partial charge in [-0.2, -0.15) is 8.42 Å². The third-order valence-electron chi connectivity index (χ3n) is 5.68. The lowest BCUT2D eigenvalue weighted by molar-refractivity contribution is 0.0963. The van der Waals surface area contributed by atoms with Gasteiger partial charge in [0.2, 0.25) is 0 Å². The van der Waals surface area contributed by atoms with E-state index in [1.807, 2.05) is 6.92 Å². The van der Waals surface area contributed by atoms with Crippen LogP contribution in [0, 0.1) is 6.92 Å². The van der Waals surface area contributed by atoms with Gasteiger partial charge < -0.3 is 0 Å². The molecule has 0 spiro atoms. The minimum atomic E-state index is -4.34. The minimum Gasteiger partial charge on any atom is -0.282 e. The van der Waals surface area contributed by atoms with Gasteiger partial charge in [0.05, 0.1) is 10.4 Å². The number of halogens is 1. The summed E-state index contributed by atoms with van der Waals surface area (Å²) in [5.41, 5.74) is 2.86. The van der Waals surface area contributed by atoms with Crippen molar-refractivity contribution in [3.8, 4) is 0 Å². The Morgan fingerprint density at radius 3 is 2.29 bits per heavy atom. The molecule has 1 N–H and O–H groups in total. The molecule has 0 saturated heterocycles. The molecule has 0 aliphatic heterocycles. The fourth-order valence-electron chi connectivity index (χ4n) is 4.00. The predicted molar refractivity (Wildman–Crippen MR) is 125 cm³/mol. The molecule has 0 unspecified atom stereocenters. The number of fused-ring (bicyclic) bond motifs is 1. The number of aromatic nitrogens is 1. The normalized spacial score (nSPS) is 11.9. The van der Waals surface area contributed by atoms with Gasteiger partial charge in [0.15, 0.2) is 0 Å². The molecule has 0 bridgehead atoms. The van der Waals surface area contributed by atoms with Crippen molar-refractivity contribution in [3.05, 3.63) is 64.3 Å². The lowest BCUT2D eigenvalue weighted by Crippen LogP contribution is -2.13. The van der Waals surface area contributed by atoms with Gasteiger partial charge in [0.1, 0.15) is 0 Å². The number of nitrogens with zero attached hydrogens (tertiary/aromatic N) is 1. The molecule has 31 heavy (non-hydrogen) atoms. The highest BCUT2D eigenvalue weighted by Crippen LogP contribution is 2.31. The van der Waals surface area contributed by atoms with Crippen molar-refractivity contribution in [2.75, 3.05) is 0 Å². The lowest BCUT2D eigenvalue weighted by Gasteiger charge is -2.08. The number of unbranched alkanes of at least 4 members (excludes halogenated alkanes) is 5. The fraction of sp³-hybridized carbons (Fsp3) is 0.375. The number of aryl methyl sites for hydroxylation is 1. The zero-order valence-corrected chi connectivity index (χ0v) is 19.5. The molecular weight excluding hydrogens is 434 g/mol. The molecule has 1 aromatic heterocycles. The Bertz CT molecular complexity index is 1180. The first-order valence-electron chi connectivity index (χ1n) is 10.7. The summed E-state index contributed by atoms with van der Waals surface area (Å²) in [5, 5.41) is 1.23. The summed E-state index contributed by atoms with van der Waals surface area (Å²) in [4.78, 5) is 13.1. The van der Waals surface area contributed by atoms with E-state index in [1.165, 1.54) is 31.4 Å². The maximum atomic E-state index is 13.3. The van der Waals surface area contributed by atoms with Crippen LogP contribution in [0.3, 0.4) is 0 Å². The summed E-state index contributed by atoms with van der Waals surface area (Å²) >= 11 is 5.96. The molecule has 0 amide bonds. The molecule has 0 aliphatic rings. The topological polar surface area (TPSA) is 76.4 Å². The van der Waals surface area contributed by atoms with Crippen molar-refractivity contribution in [1.29, 1.82) is 0 Å². The summed E-state index contributed by atoms with van der Waals surface area (Å²) < 4.78 is 34.5. The summed E-state index contributed by atoms with van der Waals surface area (Å²) in [6.45, 7) is 4.07. The van der Waals surface area contributed by atoms with Gasteiger partial charge in [-0.05, 0) is 67.8 Å². The number of benzene rings is 2. The Kier molecular flexibility index (Phi) is 7.57. The number of rotatable bonds is 9. The largest absolute Gasteiger partial charge is 0.294 e. The van der Waals surface area contributed by atoms with Gasteiger partial charge in [-0.1, -0.05) is 50.6 Å². The molecule has 0 fully saturated rings. The minimum absolute atomic E-state index is 0.166. The first kappa shape index (κ1) is 23.5. The van der Waals surface area contributed by atoms with Gasteiger partial charge >= 0.3 is 0 Å². The third-order valence-corrected chi connectivity index (χ3v) is 6.78. The van der Waals surface area contributed by atoms with Crippen molar-refractivity contribution >= 4 is 38.5 Å². The molecule has 1 heterocycles. The van der Waals surface area contributed by atoms with Crippen LogP contribution in [-0.2, 0) is 16.5 Å². The van der Waals surface area contributed by atoms with E-state index in [4.69, 9.17) is 11.6 Å². The van der Waals surface area contributed by atoms with Crippen molar-refractivity contribution in [2.45, 2.75) is 63.7 Å². The van der Waals surface area contributed by atoms with E-state index in [0.29, 0.717) is 21.5 Å². The second-order valence-corrected chi connectivity index (χ2v) is 9.74. The zero-order chi connectivity index (χ0) is 22.6. The van der Waals surface area contributed by atoms with Gasteiger partial charge in [-0.3, -0.25) is 13.9 Å². The van der Waals surface area contributed by atoms with E-state index in [1.54, 1.807) is 34.9 Å². The molecule has 2 aromatic carbocycles.